The van der Waals surface area contributed by atoms with E-state index in [0.29, 0.717) is 0 Å². The topological polar surface area (TPSA) is 56.2 Å². The van der Waals surface area contributed by atoms with Crippen LogP contribution in [-0.2, 0) is 6.42 Å². The van der Waals surface area contributed by atoms with Crippen molar-refractivity contribution in [3.63, 3.8) is 0 Å². The number of pyridine rings is 1. The van der Waals surface area contributed by atoms with Crippen LogP contribution in [0.4, 0.5) is 5.69 Å². The molecule has 0 radical (unpaired) electrons. The van der Waals surface area contributed by atoms with E-state index in [0.717, 1.165) is 23.6 Å². The Bertz CT molecular complexity index is 504. The summed E-state index contributed by atoms with van der Waals surface area (Å²) >= 11 is 0. The molecule has 2 rings (SSSR count). The first-order chi connectivity index (χ1) is 9.31. The van der Waals surface area contributed by atoms with Crippen molar-refractivity contribution in [2.45, 2.75) is 58.3 Å². The van der Waals surface area contributed by atoms with Crippen molar-refractivity contribution in [1.82, 2.24) is 14.6 Å². The molecule has 0 fully saturated rings. The summed E-state index contributed by atoms with van der Waals surface area (Å²) in [6.07, 6.45) is 12.1. The highest BCUT2D eigenvalue weighted by Crippen LogP contribution is 2.12. The summed E-state index contributed by atoms with van der Waals surface area (Å²) in [6.45, 7) is 2.25. The largest absolute Gasteiger partial charge is 0.398 e. The zero-order valence-corrected chi connectivity index (χ0v) is 11.8. The van der Waals surface area contributed by atoms with Gasteiger partial charge in [0.25, 0.3) is 0 Å². The van der Waals surface area contributed by atoms with Crippen LogP contribution in [0.15, 0.2) is 18.3 Å². The minimum atomic E-state index is 0.758. The molecule has 4 nitrogen and oxygen atoms in total. The van der Waals surface area contributed by atoms with Gasteiger partial charge in [0, 0.05) is 18.3 Å². The van der Waals surface area contributed by atoms with Crippen LogP contribution in [0, 0.1) is 0 Å². The lowest BCUT2D eigenvalue weighted by Crippen LogP contribution is -1.97. The summed E-state index contributed by atoms with van der Waals surface area (Å²) in [6, 6.07) is 3.78. The number of hydrogen-bond donors (Lipinski definition) is 1. The molecule has 19 heavy (non-hydrogen) atoms. The van der Waals surface area contributed by atoms with Gasteiger partial charge in [0.15, 0.2) is 5.65 Å². The highest BCUT2D eigenvalue weighted by Gasteiger charge is 2.04. The molecule has 2 aromatic heterocycles. The average molecular weight is 260 g/mol. The van der Waals surface area contributed by atoms with Gasteiger partial charge < -0.3 is 5.73 Å². The molecule has 2 aromatic rings. The molecule has 0 aliphatic heterocycles. The van der Waals surface area contributed by atoms with Gasteiger partial charge in [0.05, 0.1) is 0 Å². The van der Waals surface area contributed by atoms with Gasteiger partial charge in [-0.1, -0.05) is 45.4 Å². The molecule has 0 aromatic carbocycles. The molecule has 2 N–H and O–H groups in total. The maximum atomic E-state index is 5.80. The zero-order chi connectivity index (χ0) is 13.5. The van der Waals surface area contributed by atoms with E-state index in [4.69, 9.17) is 5.73 Å². The molecule has 0 unspecified atom stereocenters. The number of nitrogens with two attached hydrogens (primary N) is 1. The molecular weight excluding hydrogens is 236 g/mol. The Morgan fingerprint density at radius 2 is 1.74 bits per heavy atom. The quantitative estimate of drug-likeness (QED) is 0.738. The number of hydrogen-bond acceptors (Lipinski definition) is 3. The number of nitrogens with zero attached hydrogens (tertiary/aromatic N) is 3. The number of unbranched alkanes of at least 4 members (excludes halogenated alkanes) is 6. The lowest BCUT2D eigenvalue weighted by Gasteiger charge is -2.02. The smallest absolute Gasteiger partial charge is 0.160 e. The average Bonchev–Trinajstić information content (AvgIpc) is 2.80. The number of aromatic nitrogens is 3. The Hall–Kier alpha value is -1.58. The van der Waals surface area contributed by atoms with Crippen molar-refractivity contribution < 1.29 is 0 Å². The highest BCUT2D eigenvalue weighted by molar-refractivity contribution is 5.47. The molecule has 0 saturated carbocycles. The van der Waals surface area contributed by atoms with E-state index in [-0.39, 0.29) is 0 Å². The molecule has 2 heterocycles. The van der Waals surface area contributed by atoms with E-state index in [1.54, 1.807) is 0 Å². The summed E-state index contributed by atoms with van der Waals surface area (Å²) in [4.78, 5) is 0. The third kappa shape index (κ3) is 3.94. The van der Waals surface area contributed by atoms with Gasteiger partial charge in [-0.25, -0.2) is 0 Å². The van der Waals surface area contributed by atoms with Crippen LogP contribution in [0.2, 0.25) is 0 Å². The molecule has 0 spiro atoms. The summed E-state index contributed by atoms with van der Waals surface area (Å²) in [5.41, 5.74) is 7.44. The lowest BCUT2D eigenvalue weighted by molar-refractivity contribution is 0.583. The van der Waals surface area contributed by atoms with Gasteiger partial charge in [0.1, 0.15) is 5.82 Å². The SMILES string of the molecule is CCCCCCCCCc1nnc2ccc(N)cn12. The van der Waals surface area contributed by atoms with Crippen LogP contribution in [0.1, 0.15) is 57.7 Å². The maximum absolute atomic E-state index is 5.80. The molecule has 0 atom stereocenters. The van der Waals surface area contributed by atoms with Crippen molar-refractivity contribution >= 4 is 11.3 Å². The van der Waals surface area contributed by atoms with E-state index >= 15 is 0 Å². The fourth-order valence-electron chi connectivity index (χ4n) is 2.37. The summed E-state index contributed by atoms with van der Waals surface area (Å²) < 4.78 is 2.01. The molecule has 0 aliphatic carbocycles. The summed E-state index contributed by atoms with van der Waals surface area (Å²) in [5.74, 6) is 1.02. The monoisotopic (exact) mass is 260 g/mol. The first-order valence-electron chi connectivity index (χ1n) is 7.40. The predicted molar refractivity (Wildman–Crippen MR) is 79.1 cm³/mol. The number of anilines is 1. The van der Waals surface area contributed by atoms with Crippen molar-refractivity contribution in [1.29, 1.82) is 0 Å². The van der Waals surface area contributed by atoms with Crippen LogP contribution in [0.5, 0.6) is 0 Å². The summed E-state index contributed by atoms with van der Waals surface area (Å²) in [7, 11) is 0. The third-order valence-corrected chi connectivity index (χ3v) is 3.50. The van der Waals surface area contributed by atoms with Gasteiger partial charge in [0.2, 0.25) is 0 Å². The third-order valence-electron chi connectivity index (χ3n) is 3.50. The highest BCUT2D eigenvalue weighted by atomic mass is 15.2. The summed E-state index contributed by atoms with van der Waals surface area (Å²) in [5, 5.41) is 8.40. The second-order valence-electron chi connectivity index (χ2n) is 5.18. The second-order valence-corrected chi connectivity index (χ2v) is 5.18. The zero-order valence-electron chi connectivity index (χ0n) is 11.8. The Labute approximate surface area is 115 Å². The molecule has 104 valence electrons. The first kappa shape index (κ1) is 13.8. The second kappa shape index (κ2) is 7.12. The van der Waals surface area contributed by atoms with Crippen LogP contribution in [0.3, 0.4) is 0 Å². The molecule has 0 saturated heterocycles. The Morgan fingerprint density at radius 3 is 2.53 bits per heavy atom. The first-order valence-corrected chi connectivity index (χ1v) is 7.40. The number of fused-ring (bicyclic) bond motifs is 1. The molecule has 4 heteroatoms. The lowest BCUT2D eigenvalue weighted by atomic mass is 10.1. The Balaban J connectivity index is 1.77. The van der Waals surface area contributed by atoms with Gasteiger partial charge in [-0.3, -0.25) is 4.40 Å². The fraction of sp³-hybridized carbons (Fsp3) is 0.600. The van der Waals surface area contributed by atoms with E-state index in [1.165, 1.54) is 44.9 Å². The number of aryl methyl sites for hydroxylation is 1. The number of nitrogen functional groups attached to an aromatic ring is 1. The Kier molecular flexibility index (Phi) is 5.19. The van der Waals surface area contributed by atoms with Gasteiger partial charge in [-0.05, 0) is 18.6 Å². The van der Waals surface area contributed by atoms with Gasteiger partial charge >= 0.3 is 0 Å². The number of rotatable bonds is 8. The van der Waals surface area contributed by atoms with Crippen molar-refractivity contribution in [3.8, 4) is 0 Å². The Morgan fingerprint density at radius 1 is 1.00 bits per heavy atom. The molecule has 0 aliphatic rings. The minimum absolute atomic E-state index is 0.758. The minimum Gasteiger partial charge on any atom is -0.398 e. The molecule has 0 bridgehead atoms. The van der Waals surface area contributed by atoms with Gasteiger partial charge in [-0.15, -0.1) is 10.2 Å². The van der Waals surface area contributed by atoms with Crippen LogP contribution in [0.25, 0.3) is 5.65 Å². The molecular formula is C15H24N4. The van der Waals surface area contributed by atoms with E-state index < -0.39 is 0 Å². The van der Waals surface area contributed by atoms with Gasteiger partial charge in [-0.2, -0.15) is 0 Å². The normalized spacial score (nSPS) is 11.2. The maximum Gasteiger partial charge on any atom is 0.160 e. The van der Waals surface area contributed by atoms with Crippen molar-refractivity contribution in [2.75, 3.05) is 5.73 Å². The van der Waals surface area contributed by atoms with Crippen LogP contribution in [-0.4, -0.2) is 14.6 Å². The van der Waals surface area contributed by atoms with E-state index in [9.17, 15) is 0 Å². The van der Waals surface area contributed by atoms with Crippen LogP contribution >= 0.6 is 0 Å². The predicted octanol–water partition coefficient (Wildman–Crippen LogP) is 3.60. The van der Waals surface area contributed by atoms with Crippen molar-refractivity contribution in [2.24, 2.45) is 0 Å². The van der Waals surface area contributed by atoms with E-state index in [1.807, 2.05) is 22.7 Å². The van der Waals surface area contributed by atoms with Crippen LogP contribution < -0.4 is 5.73 Å². The standard InChI is InChI=1S/C15H24N4/c1-2-3-4-5-6-7-8-9-14-17-18-15-11-10-13(16)12-19(14)15/h10-12H,2-9,16H2,1H3. The van der Waals surface area contributed by atoms with Crippen molar-refractivity contribution in [3.05, 3.63) is 24.2 Å². The fourth-order valence-corrected chi connectivity index (χ4v) is 2.37. The molecule has 0 amide bonds. The van der Waals surface area contributed by atoms with E-state index in [2.05, 4.69) is 17.1 Å².